The summed E-state index contributed by atoms with van der Waals surface area (Å²) in [5, 5.41) is 2.93. The number of urea groups is 1. The zero-order valence-electron chi connectivity index (χ0n) is 11.6. The minimum Gasteiger partial charge on any atom is -0.368 e. The van der Waals surface area contributed by atoms with Gasteiger partial charge < -0.3 is 16.0 Å². The highest BCUT2D eigenvalue weighted by molar-refractivity contribution is 5.74. The highest BCUT2D eigenvalue weighted by atomic mass is 16.2. The number of benzene rings is 1. The maximum atomic E-state index is 12.2. The number of fused-ring (bicyclic) bond motifs is 1. The summed E-state index contributed by atoms with van der Waals surface area (Å²) in [5.41, 5.74) is 8.58. The molecule has 1 aromatic carbocycles. The summed E-state index contributed by atoms with van der Waals surface area (Å²) in [5.74, 6) is 0.250. The Morgan fingerprint density at radius 3 is 2.95 bits per heavy atom. The molecule has 2 aromatic rings. The van der Waals surface area contributed by atoms with Gasteiger partial charge in [0.1, 0.15) is 0 Å². The van der Waals surface area contributed by atoms with Crippen molar-refractivity contribution in [2.24, 2.45) is 0 Å². The van der Waals surface area contributed by atoms with Gasteiger partial charge in [0, 0.05) is 19.3 Å². The number of aromatic nitrogens is 2. The van der Waals surface area contributed by atoms with Gasteiger partial charge in [-0.25, -0.2) is 14.8 Å². The minimum atomic E-state index is -0.0818. The number of rotatable bonds is 2. The van der Waals surface area contributed by atoms with E-state index in [2.05, 4.69) is 15.3 Å². The Morgan fingerprint density at radius 1 is 1.33 bits per heavy atom. The van der Waals surface area contributed by atoms with Gasteiger partial charge in [-0.3, -0.25) is 0 Å². The van der Waals surface area contributed by atoms with E-state index in [1.807, 2.05) is 30.3 Å². The molecule has 2 amide bonds. The zero-order valence-corrected chi connectivity index (χ0v) is 11.6. The molecule has 0 atom stereocenters. The van der Waals surface area contributed by atoms with Crippen LogP contribution in [0.15, 0.2) is 36.5 Å². The molecule has 2 heterocycles. The van der Waals surface area contributed by atoms with Crippen molar-refractivity contribution in [2.75, 3.05) is 12.3 Å². The zero-order chi connectivity index (χ0) is 14.7. The second-order valence-corrected chi connectivity index (χ2v) is 5.02. The van der Waals surface area contributed by atoms with E-state index in [1.54, 1.807) is 11.1 Å². The quantitative estimate of drug-likeness (QED) is 0.870. The van der Waals surface area contributed by atoms with Crippen LogP contribution < -0.4 is 11.1 Å². The molecule has 108 valence electrons. The average Bonchev–Trinajstić information content (AvgIpc) is 2.53. The number of nitrogens with zero attached hydrogens (tertiary/aromatic N) is 3. The Labute approximate surface area is 123 Å². The minimum absolute atomic E-state index is 0.0818. The van der Waals surface area contributed by atoms with Crippen molar-refractivity contribution in [3.8, 4) is 0 Å². The average molecular weight is 283 g/mol. The van der Waals surface area contributed by atoms with E-state index in [1.165, 1.54) is 0 Å². The van der Waals surface area contributed by atoms with Gasteiger partial charge in [0.2, 0.25) is 5.95 Å². The monoisotopic (exact) mass is 283 g/mol. The molecule has 21 heavy (non-hydrogen) atoms. The van der Waals surface area contributed by atoms with Gasteiger partial charge in [-0.2, -0.15) is 0 Å². The number of carbonyl (C=O) groups is 1. The van der Waals surface area contributed by atoms with Crippen molar-refractivity contribution in [1.82, 2.24) is 20.2 Å². The number of carbonyl (C=O) groups excluding carboxylic acids is 1. The van der Waals surface area contributed by atoms with Crippen LogP contribution in [0.1, 0.15) is 16.8 Å². The molecule has 6 nitrogen and oxygen atoms in total. The van der Waals surface area contributed by atoms with Crippen LogP contribution in [0.2, 0.25) is 0 Å². The number of nitrogen functional groups attached to an aromatic ring is 1. The van der Waals surface area contributed by atoms with E-state index in [9.17, 15) is 4.79 Å². The van der Waals surface area contributed by atoms with Crippen molar-refractivity contribution in [2.45, 2.75) is 19.5 Å². The summed E-state index contributed by atoms with van der Waals surface area (Å²) in [6.07, 6.45) is 2.51. The molecule has 1 aliphatic rings. The largest absolute Gasteiger partial charge is 0.368 e. The van der Waals surface area contributed by atoms with Crippen molar-refractivity contribution in [3.63, 3.8) is 0 Å². The van der Waals surface area contributed by atoms with Crippen molar-refractivity contribution in [1.29, 1.82) is 0 Å². The van der Waals surface area contributed by atoms with Gasteiger partial charge in [-0.05, 0) is 17.5 Å². The first-order valence-corrected chi connectivity index (χ1v) is 6.89. The van der Waals surface area contributed by atoms with Crippen molar-refractivity contribution >= 4 is 12.0 Å². The summed E-state index contributed by atoms with van der Waals surface area (Å²) >= 11 is 0. The molecule has 0 fully saturated rings. The topological polar surface area (TPSA) is 84.1 Å². The lowest BCUT2D eigenvalue weighted by Gasteiger charge is -2.28. The molecule has 0 unspecified atom stereocenters. The Balaban J connectivity index is 1.61. The van der Waals surface area contributed by atoms with Gasteiger partial charge in [-0.15, -0.1) is 0 Å². The SMILES string of the molecule is Nc1ncc2c(n1)CN(C(=O)NCc1ccccc1)CC2. The van der Waals surface area contributed by atoms with Gasteiger partial charge in [0.05, 0.1) is 12.2 Å². The van der Waals surface area contributed by atoms with Crippen LogP contribution in [-0.4, -0.2) is 27.4 Å². The van der Waals surface area contributed by atoms with Crippen LogP contribution in [0, 0.1) is 0 Å². The third kappa shape index (κ3) is 3.10. The first-order chi connectivity index (χ1) is 10.2. The Hall–Kier alpha value is -2.63. The number of anilines is 1. The smallest absolute Gasteiger partial charge is 0.318 e. The maximum Gasteiger partial charge on any atom is 0.318 e. The molecule has 6 heteroatoms. The number of hydrogen-bond acceptors (Lipinski definition) is 4. The summed E-state index contributed by atoms with van der Waals surface area (Å²) < 4.78 is 0. The molecule has 0 aliphatic carbocycles. The Bertz CT molecular complexity index is 644. The summed E-state index contributed by atoms with van der Waals surface area (Å²) in [4.78, 5) is 22.1. The number of hydrogen-bond donors (Lipinski definition) is 2. The Kier molecular flexibility index (Phi) is 3.68. The summed E-state index contributed by atoms with van der Waals surface area (Å²) in [7, 11) is 0. The molecule has 3 N–H and O–H groups in total. The van der Waals surface area contributed by atoms with E-state index in [0.717, 1.165) is 23.2 Å². The molecular weight excluding hydrogens is 266 g/mol. The third-order valence-electron chi connectivity index (χ3n) is 3.54. The van der Waals surface area contributed by atoms with Crippen LogP contribution in [0.3, 0.4) is 0 Å². The van der Waals surface area contributed by atoms with Crippen molar-refractivity contribution < 1.29 is 4.79 Å². The molecule has 0 spiro atoms. The van der Waals surface area contributed by atoms with Crippen molar-refractivity contribution in [3.05, 3.63) is 53.3 Å². The lowest BCUT2D eigenvalue weighted by molar-refractivity contribution is 0.191. The predicted octanol–water partition coefficient (Wildman–Crippen LogP) is 1.33. The van der Waals surface area contributed by atoms with Gasteiger partial charge >= 0.3 is 6.03 Å². The number of amides is 2. The lowest BCUT2D eigenvalue weighted by atomic mass is 10.1. The number of nitrogens with one attached hydrogen (secondary N) is 1. The maximum absolute atomic E-state index is 12.2. The van der Waals surface area contributed by atoms with E-state index in [-0.39, 0.29) is 12.0 Å². The fourth-order valence-electron chi connectivity index (χ4n) is 2.38. The molecule has 0 radical (unpaired) electrons. The lowest BCUT2D eigenvalue weighted by Crippen LogP contribution is -2.42. The highest BCUT2D eigenvalue weighted by Crippen LogP contribution is 2.16. The van der Waals surface area contributed by atoms with Crippen LogP contribution in [-0.2, 0) is 19.5 Å². The predicted molar refractivity (Wildman–Crippen MR) is 79.2 cm³/mol. The first kappa shape index (κ1) is 13.4. The van der Waals surface area contributed by atoms with E-state index >= 15 is 0 Å². The van der Waals surface area contributed by atoms with E-state index in [4.69, 9.17) is 5.73 Å². The van der Waals surface area contributed by atoms with Gasteiger partial charge in [-0.1, -0.05) is 30.3 Å². The second-order valence-electron chi connectivity index (χ2n) is 5.02. The second kappa shape index (κ2) is 5.78. The van der Waals surface area contributed by atoms with E-state index in [0.29, 0.717) is 19.6 Å². The normalized spacial score (nSPS) is 13.6. The highest BCUT2D eigenvalue weighted by Gasteiger charge is 2.21. The third-order valence-corrected chi connectivity index (χ3v) is 3.54. The standard InChI is InChI=1S/C15H17N5O/c16-14-17-9-12-6-7-20(10-13(12)19-14)15(21)18-8-11-4-2-1-3-5-11/h1-5,9H,6-8,10H2,(H,18,21)(H2,16,17,19). The molecule has 0 bridgehead atoms. The van der Waals surface area contributed by atoms with Crippen LogP contribution in [0.25, 0.3) is 0 Å². The summed E-state index contributed by atoms with van der Waals surface area (Å²) in [6, 6.07) is 9.76. The Morgan fingerprint density at radius 2 is 2.14 bits per heavy atom. The van der Waals surface area contributed by atoms with Gasteiger partial charge in [0.25, 0.3) is 0 Å². The fraction of sp³-hybridized carbons (Fsp3) is 0.267. The molecule has 0 saturated carbocycles. The summed E-state index contributed by atoms with van der Waals surface area (Å²) in [6.45, 7) is 1.67. The molecule has 1 aromatic heterocycles. The van der Waals surface area contributed by atoms with Gasteiger partial charge in [0.15, 0.2) is 0 Å². The molecular formula is C15H17N5O. The van der Waals surface area contributed by atoms with Crippen LogP contribution in [0.5, 0.6) is 0 Å². The number of nitrogens with two attached hydrogens (primary N) is 1. The molecule has 3 rings (SSSR count). The molecule has 0 saturated heterocycles. The van der Waals surface area contributed by atoms with E-state index < -0.39 is 0 Å². The van der Waals surface area contributed by atoms with Crippen LogP contribution in [0.4, 0.5) is 10.7 Å². The van der Waals surface area contributed by atoms with Crippen LogP contribution >= 0.6 is 0 Å². The fourth-order valence-corrected chi connectivity index (χ4v) is 2.38. The first-order valence-electron chi connectivity index (χ1n) is 6.89. The molecule has 1 aliphatic heterocycles.